The number of aryl methyl sites for hydroxylation is 1. The number of hydrogen-bond donors (Lipinski definition) is 2. The van der Waals surface area contributed by atoms with Gasteiger partial charge >= 0.3 is 11.8 Å². The predicted molar refractivity (Wildman–Crippen MR) is 75.7 cm³/mol. The number of nitrogens with zero attached hydrogens (tertiary/aromatic N) is 2. The van der Waals surface area contributed by atoms with Crippen LogP contribution in [0.1, 0.15) is 27.2 Å². The fourth-order valence-electron chi connectivity index (χ4n) is 2.22. The maximum atomic E-state index is 12.9. The SMILES string of the molecule is Cc1cc(C(=O)NCc2ccc(C3(C(F)(F)F)N=N3)cc2)c[nH]1. The second-order valence-electron chi connectivity index (χ2n) is 5.32. The minimum Gasteiger partial charge on any atom is -0.364 e. The average Bonchev–Trinajstić information content (AvgIpc) is 3.22. The number of rotatable bonds is 4. The Kier molecular flexibility index (Phi) is 3.46. The Morgan fingerprint density at radius 1 is 1.26 bits per heavy atom. The van der Waals surface area contributed by atoms with Crippen molar-refractivity contribution >= 4 is 5.91 Å². The van der Waals surface area contributed by atoms with Crippen molar-refractivity contribution < 1.29 is 18.0 Å². The van der Waals surface area contributed by atoms with E-state index in [1.165, 1.54) is 24.3 Å². The van der Waals surface area contributed by atoms with Crippen molar-refractivity contribution in [1.82, 2.24) is 10.3 Å². The van der Waals surface area contributed by atoms with Gasteiger partial charge in [0.1, 0.15) is 0 Å². The summed E-state index contributed by atoms with van der Waals surface area (Å²) in [6.45, 7) is 2.05. The molecule has 0 saturated carbocycles. The lowest BCUT2D eigenvalue weighted by atomic mass is 10.0. The number of nitrogens with one attached hydrogen (secondary N) is 2. The van der Waals surface area contributed by atoms with E-state index in [-0.39, 0.29) is 18.0 Å². The molecule has 1 aromatic carbocycles. The Morgan fingerprint density at radius 3 is 2.39 bits per heavy atom. The highest BCUT2D eigenvalue weighted by molar-refractivity contribution is 5.94. The molecule has 0 radical (unpaired) electrons. The van der Waals surface area contributed by atoms with E-state index in [0.717, 1.165) is 5.69 Å². The van der Waals surface area contributed by atoms with Gasteiger partial charge in [0, 0.05) is 24.0 Å². The molecule has 1 aromatic heterocycles. The number of H-pyrrole nitrogens is 1. The maximum Gasteiger partial charge on any atom is 0.442 e. The van der Waals surface area contributed by atoms with Crippen LogP contribution in [0.25, 0.3) is 0 Å². The van der Waals surface area contributed by atoms with E-state index in [1.807, 2.05) is 6.92 Å². The fraction of sp³-hybridized carbons (Fsp3) is 0.267. The van der Waals surface area contributed by atoms with Gasteiger partial charge in [-0.05, 0) is 18.6 Å². The Hall–Kier alpha value is -2.64. The second kappa shape index (κ2) is 5.22. The number of carbonyl (C=O) groups excluding carboxylic acids is 1. The van der Waals surface area contributed by atoms with Crippen molar-refractivity contribution in [3.05, 3.63) is 58.9 Å². The normalized spacial score (nSPS) is 15.5. The molecule has 8 heteroatoms. The van der Waals surface area contributed by atoms with Crippen LogP contribution in [0.15, 0.2) is 46.8 Å². The number of amides is 1. The summed E-state index contributed by atoms with van der Waals surface area (Å²) < 4.78 is 38.6. The predicted octanol–water partition coefficient (Wildman–Crippen LogP) is 3.43. The first-order chi connectivity index (χ1) is 10.8. The summed E-state index contributed by atoms with van der Waals surface area (Å²) >= 11 is 0. The standard InChI is InChI=1S/C15H13F3N4O/c1-9-6-11(8-19-9)13(23)20-7-10-2-4-12(5-3-10)14(21-22-14)15(16,17)18/h2-6,8,19H,7H2,1H3,(H,20,23). The lowest BCUT2D eigenvalue weighted by molar-refractivity contribution is -0.166. The van der Waals surface area contributed by atoms with Crippen LogP contribution in [-0.4, -0.2) is 17.1 Å². The van der Waals surface area contributed by atoms with Crippen LogP contribution < -0.4 is 5.32 Å². The zero-order chi connectivity index (χ0) is 16.7. The van der Waals surface area contributed by atoms with E-state index >= 15 is 0 Å². The molecule has 1 aliphatic rings. The number of carbonyl (C=O) groups is 1. The van der Waals surface area contributed by atoms with Crippen LogP contribution in [0, 0.1) is 6.92 Å². The molecule has 0 atom stereocenters. The third-order valence-electron chi connectivity index (χ3n) is 3.59. The minimum atomic E-state index is -4.53. The van der Waals surface area contributed by atoms with Gasteiger partial charge in [-0.15, -0.1) is 10.2 Å². The summed E-state index contributed by atoms with van der Waals surface area (Å²) in [5, 5.41) is 9.00. The minimum absolute atomic E-state index is 0.0265. The Balaban J connectivity index is 1.63. The monoisotopic (exact) mass is 322 g/mol. The van der Waals surface area contributed by atoms with Gasteiger partial charge in [0.25, 0.3) is 5.91 Å². The molecule has 3 rings (SSSR count). The van der Waals surface area contributed by atoms with Gasteiger partial charge in [-0.2, -0.15) is 13.2 Å². The Bertz CT molecular complexity index is 756. The average molecular weight is 322 g/mol. The highest BCUT2D eigenvalue weighted by Crippen LogP contribution is 2.52. The molecule has 0 unspecified atom stereocenters. The van der Waals surface area contributed by atoms with Gasteiger partial charge in [0.05, 0.1) is 5.56 Å². The molecule has 120 valence electrons. The first-order valence-electron chi connectivity index (χ1n) is 6.85. The molecule has 2 heterocycles. The molecular formula is C15H13F3N4O. The van der Waals surface area contributed by atoms with E-state index in [1.54, 1.807) is 12.3 Å². The van der Waals surface area contributed by atoms with E-state index in [4.69, 9.17) is 0 Å². The van der Waals surface area contributed by atoms with Crippen molar-refractivity contribution in [2.24, 2.45) is 10.2 Å². The van der Waals surface area contributed by atoms with E-state index in [0.29, 0.717) is 11.1 Å². The van der Waals surface area contributed by atoms with Crippen LogP contribution >= 0.6 is 0 Å². The summed E-state index contributed by atoms with van der Waals surface area (Å²) in [4.78, 5) is 14.8. The zero-order valence-corrected chi connectivity index (χ0v) is 12.1. The molecule has 1 aliphatic heterocycles. The van der Waals surface area contributed by atoms with E-state index in [2.05, 4.69) is 20.5 Å². The first kappa shape index (κ1) is 15.3. The van der Waals surface area contributed by atoms with Crippen LogP contribution in [0.2, 0.25) is 0 Å². The molecule has 2 aromatic rings. The third kappa shape index (κ3) is 2.84. The zero-order valence-electron chi connectivity index (χ0n) is 12.1. The van der Waals surface area contributed by atoms with Crippen LogP contribution in [-0.2, 0) is 12.2 Å². The van der Waals surface area contributed by atoms with Gasteiger partial charge in [-0.1, -0.05) is 24.3 Å². The topological polar surface area (TPSA) is 69.6 Å². The van der Waals surface area contributed by atoms with E-state index in [9.17, 15) is 18.0 Å². The van der Waals surface area contributed by atoms with Crippen LogP contribution in [0.4, 0.5) is 13.2 Å². The molecule has 0 spiro atoms. The number of halogens is 3. The van der Waals surface area contributed by atoms with Crippen molar-refractivity contribution in [2.75, 3.05) is 0 Å². The van der Waals surface area contributed by atoms with Gasteiger partial charge in [0.2, 0.25) is 0 Å². The molecule has 0 bridgehead atoms. The lowest BCUT2D eigenvalue weighted by Gasteiger charge is -2.15. The Morgan fingerprint density at radius 2 is 1.91 bits per heavy atom. The lowest BCUT2D eigenvalue weighted by Crippen LogP contribution is -2.30. The number of aromatic nitrogens is 1. The van der Waals surface area contributed by atoms with Gasteiger partial charge in [-0.3, -0.25) is 4.79 Å². The van der Waals surface area contributed by atoms with Gasteiger partial charge in [0.15, 0.2) is 0 Å². The van der Waals surface area contributed by atoms with Crippen molar-refractivity contribution in [1.29, 1.82) is 0 Å². The third-order valence-corrected chi connectivity index (χ3v) is 3.59. The maximum absolute atomic E-state index is 12.9. The van der Waals surface area contributed by atoms with Gasteiger partial charge < -0.3 is 10.3 Å². The van der Waals surface area contributed by atoms with Crippen molar-refractivity contribution in [2.45, 2.75) is 25.3 Å². The number of alkyl halides is 3. The summed E-state index contributed by atoms with van der Waals surface area (Å²) in [6, 6.07) is 7.41. The first-order valence-corrected chi connectivity index (χ1v) is 6.85. The molecule has 0 saturated heterocycles. The second-order valence-corrected chi connectivity index (χ2v) is 5.32. The smallest absolute Gasteiger partial charge is 0.364 e. The number of benzene rings is 1. The summed E-state index contributed by atoms with van der Waals surface area (Å²) in [6.07, 6.45) is -2.94. The van der Waals surface area contributed by atoms with Crippen LogP contribution in [0.5, 0.6) is 0 Å². The quantitative estimate of drug-likeness (QED) is 0.889. The molecular weight excluding hydrogens is 309 g/mol. The van der Waals surface area contributed by atoms with Gasteiger partial charge in [-0.25, -0.2) is 0 Å². The number of hydrogen-bond acceptors (Lipinski definition) is 3. The molecule has 2 N–H and O–H groups in total. The van der Waals surface area contributed by atoms with Crippen LogP contribution in [0.3, 0.4) is 0 Å². The van der Waals surface area contributed by atoms with E-state index < -0.39 is 11.8 Å². The molecule has 1 amide bonds. The number of aromatic amines is 1. The molecule has 23 heavy (non-hydrogen) atoms. The fourth-order valence-corrected chi connectivity index (χ4v) is 2.22. The summed E-state index contributed by atoms with van der Waals surface area (Å²) in [7, 11) is 0. The van der Waals surface area contributed by atoms with Crippen molar-refractivity contribution in [3.8, 4) is 0 Å². The largest absolute Gasteiger partial charge is 0.442 e. The highest BCUT2D eigenvalue weighted by atomic mass is 19.4. The summed E-state index contributed by atoms with van der Waals surface area (Å²) in [5.74, 6) is -0.252. The molecule has 5 nitrogen and oxygen atoms in total. The molecule has 0 fully saturated rings. The Labute approximate surface area is 129 Å². The summed E-state index contributed by atoms with van der Waals surface area (Å²) in [5.41, 5.74) is -0.370. The highest BCUT2D eigenvalue weighted by Gasteiger charge is 2.65. The molecule has 0 aliphatic carbocycles. The van der Waals surface area contributed by atoms with Crippen molar-refractivity contribution in [3.63, 3.8) is 0 Å².